The molecule has 0 aliphatic heterocycles. The fraction of sp³-hybridized carbons (Fsp3) is 0.364. The van der Waals surface area contributed by atoms with Gasteiger partial charge in [0.15, 0.2) is 6.10 Å². The zero-order chi connectivity index (χ0) is 20.8. The van der Waals surface area contributed by atoms with E-state index in [4.69, 9.17) is 16.3 Å². The van der Waals surface area contributed by atoms with Gasteiger partial charge in [0.2, 0.25) is 0 Å². The van der Waals surface area contributed by atoms with Crippen molar-refractivity contribution in [3.05, 3.63) is 57.5 Å². The van der Waals surface area contributed by atoms with E-state index >= 15 is 0 Å². The first kappa shape index (κ1) is 21.7. The average Bonchev–Trinajstić information content (AvgIpc) is 2.71. The number of hydrogen-bond donors (Lipinski definition) is 2. The summed E-state index contributed by atoms with van der Waals surface area (Å²) in [6.07, 6.45) is 4.97. The maximum Gasteiger partial charge on any atom is 0.265 e. The molecule has 1 atom stereocenters. The molecule has 29 heavy (non-hydrogen) atoms. The summed E-state index contributed by atoms with van der Waals surface area (Å²) in [5, 5.41) is 6.47. The van der Waals surface area contributed by atoms with Gasteiger partial charge >= 0.3 is 0 Å². The third-order valence-corrected chi connectivity index (χ3v) is 5.78. The quantitative estimate of drug-likeness (QED) is 0.569. The normalized spacial score (nSPS) is 15.4. The van der Waals surface area contributed by atoms with Gasteiger partial charge in [-0.1, -0.05) is 30.9 Å². The molecule has 0 heterocycles. The van der Waals surface area contributed by atoms with Gasteiger partial charge in [0.25, 0.3) is 11.8 Å². The molecule has 154 valence electrons. The van der Waals surface area contributed by atoms with Crippen LogP contribution >= 0.6 is 27.5 Å². The lowest BCUT2D eigenvalue weighted by Gasteiger charge is -2.22. The van der Waals surface area contributed by atoms with E-state index in [1.807, 2.05) is 0 Å². The van der Waals surface area contributed by atoms with Crippen LogP contribution in [-0.4, -0.2) is 24.0 Å². The van der Waals surface area contributed by atoms with Crippen LogP contribution in [0.25, 0.3) is 0 Å². The maximum atomic E-state index is 12.4. The molecule has 2 aromatic rings. The minimum atomic E-state index is -0.707. The average molecular weight is 480 g/mol. The molecule has 1 aliphatic rings. The van der Waals surface area contributed by atoms with E-state index in [1.54, 1.807) is 49.4 Å². The molecule has 2 N–H and O–H groups in total. The molecule has 2 aromatic carbocycles. The molecule has 3 rings (SSSR count). The van der Waals surface area contributed by atoms with Crippen molar-refractivity contribution in [2.45, 2.75) is 51.2 Å². The third kappa shape index (κ3) is 6.21. The van der Waals surface area contributed by atoms with Crippen molar-refractivity contribution >= 4 is 45.0 Å². The Balaban J connectivity index is 1.54. The second kappa shape index (κ2) is 10.1. The first-order valence-corrected chi connectivity index (χ1v) is 10.9. The Bertz CT molecular complexity index is 867. The van der Waals surface area contributed by atoms with Crippen LogP contribution < -0.4 is 15.4 Å². The lowest BCUT2D eigenvalue weighted by atomic mass is 9.95. The number of carbonyl (C=O) groups excluding carboxylic acids is 2. The molecule has 1 fully saturated rings. The number of ether oxygens (including phenoxy) is 1. The van der Waals surface area contributed by atoms with Gasteiger partial charge in [-0.3, -0.25) is 9.59 Å². The Hall–Kier alpha value is -2.05. The number of anilines is 1. The van der Waals surface area contributed by atoms with Crippen LogP contribution in [0.2, 0.25) is 5.02 Å². The van der Waals surface area contributed by atoms with Crippen LogP contribution in [0.1, 0.15) is 49.4 Å². The summed E-state index contributed by atoms with van der Waals surface area (Å²) in [4.78, 5) is 24.8. The lowest BCUT2D eigenvalue weighted by Crippen LogP contribution is -2.36. The summed E-state index contributed by atoms with van der Waals surface area (Å²) in [5.41, 5.74) is 1.19. The molecule has 1 saturated carbocycles. The number of hydrogen-bond acceptors (Lipinski definition) is 3. The molecule has 0 radical (unpaired) electrons. The Labute approximate surface area is 184 Å². The largest absolute Gasteiger partial charge is 0.480 e. The SMILES string of the molecule is CC(Oc1ccc(Cl)cc1Br)C(=O)Nc1ccc(C(=O)NC2CCCCC2)cc1. The van der Waals surface area contributed by atoms with E-state index < -0.39 is 6.10 Å². The van der Waals surface area contributed by atoms with E-state index in [2.05, 4.69) is 26.6 Å². The molecule has 0 spiro atoms. The first-order chi connectivity index (χ1) is 13.9. The molecule has 0 aromatic heterocycles. The summed E-state index contributed by atoms with van der Waals surface area (Å²) in [6.45, 7) is 1.67. The second-order valence-electron chi connectivity index (χ2n) is 7.21. The van der Waals surface area contributed by atoms with Crippen LogP contribution in [0.4, 0.5) is 5.69 Å². The van der Waals surface area contributed by atoms with Gasteiger partial charge in [0.05, 0.1) is 4.47 Å². The molecule has 2 amide bonds. The van der Waals surface area contributed by atoms with Crippen LogP contribution in [0.5, 0.6) is 5.75 Å². The lowest BCUT2D eigenvalue weighted by molar-refractivity contribution is -0.122. The Morgan fingerprint density at radius 3 is 2.45 bits per heavy atom. The minimum Gasteiger partial charge on any atom is -0.480 e. The van der Waals surface area contributed by atoms with Crippen molar-refractivity contribution in [2.24, 2.45) is 0 Å². The molecule has 1 unspecified atom stereocenters. The van der Waals surface area contributed by atoms with Crippen LogP contribution in [0.3, 0.4) is 0 Å². The summed E-state index contributed by atoms with van der Waals surface area (Å²) in [7, 11) is 0. The van der Waals surface area contributed by atoms with Crippen molar-refractivity contribution in [3.8, 4) is 5.75 Å². The summed E-state index contributed by atoms with van der Waals surface area (Å²) in [5.74, 6) is 0.178. The topological polar surface area (TPSA) is 67.4 Å². The molecule has 0 bridgehead atoms. The van der Waals surface area contributed by atoms with Gasteiger partial charge in [-0.25, -0.2) is 0 Å². The highest BCUT2D eigenvalue weighted by atomic mass is 79.9. The summed E-state index contributed by atoms with van der Waals surface area (Å²) in [6, 6.07) is 12.3. The van der Waals surface area contributed by atoms with Gasteiger partial charge in [-0.05, 0) is 78.2 Å². The fourth-order valence-corrected chi connectivity index (χ4v) is 4.06. The molecule has 0 saturated heterocycles. The maximum absolute atomic E-state index is 12.4. The monoisotopic (exact) mass is 478 g/mol. The Kier molecular flexibility index (Phi) is 7.56. The van der Waals surface area contributed by atoms with Gasteiger partial charge < -0.3 is 15.4 Å². The highest BCUT2D eigenvalue weighted by molar-refractivity contribution is 9.10. The fourth-order valence-electron chi connectivity index (χ4n) is 3.28. The van der Waals surface area contributed by atoms with E-state index in [0.717, 1.165) is 12.8 Å². The second-order valence-corrected chi connectivity index (χ2v) is 8.50. The van der Waals surface area contributed by atoms with Gasteiger partial charge in [0, 0.05) is 22.3 Å². The number of amides is 2. The van der Waals surface area contributed by atoms with Crippen LogP contribution in [0, 0.1) is 0 Å². The van der Waals surface area contributed by atoms with E-state index in [9.17, 15) is 9.59 Å². The smallest absolute Gasteiger partial charge is 0.265 e. The predicted octanol–water partition coefficient (Wildman–Crippen LogP) is 5.57. The zero-order valence-electron chi connectivity index (χ0n) is 16.2. The van der Waals surface area contributed by atoms with Crippen molar-refractivity contribution in [1.29, 1.82) is 0 Å². The molecule has 5 nitrogen and oxygen atoms in total. The highest BCUT2D eigenvalue weighted by Gasteiger charge is 2.18. The Morgan fingerprint density at radius 1 is 1.10 bits per heavy atom. The van der Waals surface area contributed by atoms with Gasteiger partial charge in [0.1, 0.15) is 5.75 Å². The van der Waals surface area contributed by atoms with E-state index in [-0.39, 0.29) is 17.9 Å². The summed E-state index contributed by atoms with van der Waals surface area (Å²) < 4.78 is 6.38. The van der Waals surface area contributed by atoms with E-state index in [0.29, 0.717) is 26.5 Å². The molecule has 7 heteroatoms. The van der Waals surface area contributed by atoms with Crippen molar-refractivity contribution in [1.82, 2.24) is 5.32 Å². The van der Waals surface area contributed by atoms with Gasteiger partial charge in [-0.15, -0.1) is 0 Å². The van der Waals surface area contributed by atoms with Gasteiger partial charge in [-0.2, -0.15) is 0 Å². The van der Waals surface area contributed by atoms with Crippen LogP contribution in [0.15, 0.2) is 46.9 Å². The van der Waals surface area contributed by atoms with Crippen molar-refractivity contribution in [2.75, 3.05) is 5.32 Å². The van der Waals surface area contributed by atoms with Crippen LogP contribution in [-0.2, 0) is 4.79 Å². The molecular weight excluding hydrogens is 456 g/mol. The number of halogens is 2. The third-order valence-electron chi connectivity index (χ3n) is 4.92. The molecular formula is C22H24BrClN2O3. The first-order valence-electron chi connectivity index (χ1n) is 9.76. The summed E-state index contributed by atoms with van der Waals surface area (Å²) >= 11 is 9.29. The minimum absolute atomic E-state index is 0.0703. The van der Waals surface area contributed by atoms with Crippen molar-refractivity contribution < 1.29 is 14.3 Å². The zero-order valence-corrected chi connectivity index (χ0v) is 18.6. The van der Waals surface area contributed by atoms with Crippen molar-refractivity contribution in [3.63, 3.8) is 0 Å². The number of rotatable bonds is 6. The predicted molar refractivity (Wildman–Crippen MR) is 119 cm³/mol. The number of benzene rings is 2. The standard InChI is InChI=1S/C22H24BrClN2O3/c1-14(29-20-12-9-16(24)13-19(20)23)21(27)25-18-10-7-15(8-11-18)22(28)26-17-5-3-2-4-6-17/h7-14,17H,2-6H2,1H3,(H,25,27)(H,26,28). The Morgan fingerprint density at radius 2 is 1.79 bits per heavy atom. The number of carbonyl (C=O) groups is 2. The van der Waals surface area contributed by atoms with E-state index in [1.165, 1.54) is 19.3 Å². The number of nitrogens with one attached hydrogen (secondary N) is 2. The highest BCUT2D eigenvalue weighted by Crippen LogP contribution is 2.29. The molecule has 1 aliphatic carbocycles.